The van der Waals surface area contributed by atoms with Crippen LogP contribution in [0.25, 0.3) is 5.78 Å². The Balaban J connectivity index is 2.09. The summed E-state index contributed by atoms with van der Waals surface area (Å²) in [7, 11) is 0. The predicted octanol–water partition coefficient (Wildman–Crippen LogP) is 1.53. The van der Waals surface area contributed by atoms with E-state index in [9.17, 15) is 8.78 Å². The normalized spacial score (nSPS) is 20.7. The van der Waals surface area contributed by atoms with Gasteiger partial charge in [-0.15, -0.1) is 0 Å². The third-order valence-corrected chi connectivity index (χ3v) is 3.24. The molecule has 0 bridgehead atoms. The SMILES string of the molecule is FC(F)c1cc([C@@H]2CCCNC2)n2ncnc2n1. The fraction of sp³-hybridized carbons (Fsp3) is 0.545. The van der Waals surface area contributed by atoms with Gasteiger partial charge in [0.05, 0.1) is 5.69 Å². The second-order valence-electron chi connectivity index (χ2n) is 4.42. The van der Waals surface area contributed by atoms with Crippen LogP contribution in [-0.2, 0) is 0 Å². The smallest absolute Gasteiger partial charge is 0.280 e. The van der Waals surface area contributed by atoms with Gasteiger partial charge >= 0.3 is 0 Å². The first-order valence-electron chi connectivity index (χ1n) is 5.95. The Morgan fingerprint density at radius 2 is 2.33 bits per heavy atom. The van der Waals surface area contributed by atoms with Gasteiger partial charge < -0.3 is 5.32 Å². The van der Waals surface area contributed by atoms with Gasteiger partial charge in [0.15, 0.2) is 0 Å². The van der Waals surface area contributed by atoms with Crippen LogP contribution in [0.4, 0.5) is 8.78 Å². The average molecular weight is 253 g/mol. The second-order valence-corrected chi connectivity index (χ2v) is 4.42. The van der Waals surface area contributed by atoms with Gasteiger partial charge in [-0.25, -0.2) is 18.3 Å². The van der Waals surface area contributed by atoms with Crippen LogP contribution < -0.4 is 5.32 Å². The van der Waals surface area contributed by atoms with Crippen molar-refractivity contribution in [1.29, 1.82) is 0 Å². The number of halogens is 2. The molecule has 0 amide bonds. The van der Waals surface area contributed by atoms with Crippen molar-refractivity contribution in [1.82, 2.24) is 24.9 Å². The first-order chi connectivity index (χ1) is 8.75. The summed E-state index contributed by atoms with van der Waals surface area (Å²) < 4.78 is 27.2. The van der Waals surface area contributed by atoms with Crippen molar-refractivity contribution in [3.63, 3.8) is 0 Å². The molecule has 18 heavy (non-hydrogen) atoms. The summed E-state index contributed by atoms with van der Waals surface area (Å²) in [6.07, 6.45) is 0.765. The molecule has 1 aliphatic rings. The lowest BCUT2D eigenvalue weighted by atomic mass is 9.95. The van der Waals surface area contributed by atoms with E-state index in [1.165, 1.54) is 12.4 Å². The van der Waals surface area contributed by atoms with Crippen LogP contribution >= 0.6 is 0 Å². The van der Waals surface area contributed by atoms with E-state index in [4.69, 9.17) is 0 Å². The van der Waals surface area contributed by atoms with Gasteiger partial charge in [-0.1, -0.05) is 0 Å². The highest BCUT2D eigenvalue weighted by Crippen LogP contribution is 2.26. The molecule has 1 aliphatic heterocycles. The number of fused-ring (bicyclic) bond motifs is 1. The molecule has 7 heteroatoms. The van der Waals surface area contributed by atoms with Crippen LogP contribution in [-0.4, -0.2) is 32.7 Å². The summed E-state index contributed by atoms with van der Waals surface area (Å²) in [6, 6.07) is 1.45. The molecule has 3 heterocycles. The van der Waals surface area contributed by atoms with E-state index in [0.717, 1.165) is 31.6 Å². The van der Waals surface area contributed by atoms with Gasteiger partial charge in [0.2, 0.25) is 0 Å². The van der Waals surface area contributed by atoms with Crippen molar-refractivity contribution in [3.8, 4) is 0 Å². The highest BCUT2D eigenvalue weighted by atomic mass is 19.3. The fourth-order valence-corrected chi connectivity index (χ4v) is 2.36. The first-order valence-corrected chi connectivity index (χ1v) is 5.95. The molecule has 0 aliphatic carbocycles. The zero-order valence-corrected chi connectivity index (χ0v) is 9.68. The lowest BCUT2D eigenvalue weighted by Crippen LogP contribution is -2.29. The van der Waals surface area contributed by atoms with Crippen molar-refractivity contribution in [3.05, 3.63) is 23.8 Å². The van der Waals surface area contributed by atoms with Crippen molar-refractivity contribution < 1.29 is 8.78 Å². The molecular weight excluding hydrogens is 240 g/mol. The zero-order chi connectivity index (χ0) is 12.5. The number of hydrogen-bond acceptors (Lipinski definition) is 4. The monoisotopic (exact) mass is 253 g/mol. The van der Waals surface area contributed by atoms with E-state index in [2.05, 4.69) is 20.4 Å². The number of nitrogens with one attached hydrogen (secondary N) is 1. The van der Waals surface area contributed by atoms with Crippen molar-refractivity contribution in [2.45, 2.75) is 25.2 Å². The maximum absolute atomic E-state index is 12.8. The molecule has 0 unspecified atom stereocenters. The standard InChI is InChI=1S/C11H13F2N5/c12-10(13)8-4-9(7-2-1-3-14-5-7)18-11(17-8)15-6-16-18/h4,6-7,10,14H,1-3,5H2/t7-/m1/s1. The lowest BCUT2D eigenvalue weighted by molar-refractivity contribution is 0.146. The fourth-order valence-electron chi connectivity index (χ4n) is 2.36. The van der Waals surface area contributed by atoms with Gasteiger partial charge in [0.25, 0.3) is 12.2 Å². The topological polar surface area (TPSA) is 55.1 Å². The molecule has 0 radical (unpaired) electrons. The molecular formula is C11H13F2N5. The number of piperidine rings is 1. The minimum absolute atomic E-state index is 0.184. The average Bonchev–Trinajstić information content (AvgIpc) is 2.86. The first kappa shape index (κ1) is 11.5. The van der Waals surface area contributed by atoms with E-state index in [-0.39, 0.29) is 17.4 Å². The van der Waals surface area contributed by atoms with Crippen molar-refractivity contribution >= 4 is 5.78 Å². The maximum Gasteiger partial charge on any atom is 0.280 e. The summed E-state index contributed by atoms with van der Waals surface area (Å²) in [4.78, 5) is 7.71. The van der Waals surface area contributed by atoms with Gasteiger partial charge in [-0.2, -0.15) is 10.1 Å². The second kappa shape index (κ2) is 4.56. The van der Waals surface area contributed by atoms with Crippen molar-refractivity contribution in [2.75, 3.05) is 13.1 Å². The van der Waals surface area contributed by atoms with Crippen LogP contribution in [0.2, 0.25) is 0 Å². The summed E-state index contributed by atoms with van der Waals surface area (Å²) in [5, 5.41) is 7.33. The van der Waals surface area contributed by atoms with E-state index in [1.807, 2.05) is 0 Å². The molecule has 2 aromatic rings. The van der Waals surface area contributed by atoms with Crippen LogP contribution in [0.5, 0.6) is 0 Å². The Morgan fingerprint density at radius 1 is 1.44 bits per heavy atom. The molecule has 1 fully saturated rings. The molecule has 3 rings (SSSR count). The molecule has 96 valence electrons. The van der Waals surface area contributed by atoms with Gasteiger partial charge in [-0.05, 0) is 25.5 Å². The number of aromatic nitrogens is 4. The molecule has 1 saturated heterocycles. The molecule has 0 spiro atoms. The summed E-state index contributed by atoms with van der Waals surface area (Å²) in [6.45, 7) is 1.76. The Labute approximate surface area is 102 Å². The minimum atomic E-state index is -2.58. The Kier molecular flexibility index (Phi) is 2.91. The van der Waals surface area contributed by atoms with E-state index >= 15 is 0 Å². The van der Waals surface area contributed by atoms with Crippen LogP contribution in [0.1, 0.15) is 36.6 Å². The highest BCUT2D eigenvalue weighted by molar-refractivity contribution is 5.32. The highest BCUT2D eigenvalue weighted by Gasteiger charge is 2.22. The van der Waals surface area contributed by atoms with Gasteiger partial charge in [0, 0.05) is 12.5 Å². The number of alkyl halides is 2. The Hall–Kier alpha value is -1.63. The van der Waals surface area contributed by atoms with E-state index in [1.54, 1.807) is 4.52 Å². The molecule has 1 N–H and O–H groups in total. The Morgan fingerprint density at radius 3 is 3.06 bits per heavy atom. The lowest BCUT2D eigenvalue weighted by Gasteiger charge is -2.23. The largest absolute Gasteiger partial charge is 0.316 e. The predicted molar refractivity (Wildman–Crippen MR) is 60.6 cm³/mol. The van der Waals surface area contributed by atoms with Crippen LogP contribution in [0.15, 0.2) is 12.4 Å². The summed E-state index contributed by atoms with van der Waals surface area (Å²) in [5.74, 6) is 0.428. The number of nitrogens with zero attached hydrogens (tertiary/aromatic N) is 4. The third kappa shape index (κ3) is 1.94. The van der Waals surface area contributed by atoms with Crippen molar-refractivity contribution in [2.24, 2.45) is 0 Å². The van der Waals surface area contributed by atoms with E-state index < -0.39 is 6.43 Å². The molecule has 5 nitrogen and oxygen atoms in total. The number of rotatable bonds is 2. The summed E-state index contributed by atoms with van der Waals surface area (Å²) >= 11 is 0. The van der Waals surface area contributed by atoms with Gasteiger partial charge in [0.1, 0.15) is 12.0 Å². The van der Waals surface area contributed by atoms with Crippen LogP contribution in [0, 0.1) is 0 Å². The van der Waals surface area contributed by atoms with Gasteiger partial charge in [-0.3, -0.25) is 0 Å². The van der Waals surface area contributed by atoms with E-state index in [0.29, 0.717) is 0 Å². The van der Waals surface area contributed by atoms with Crippen LogP contribution in [0.3, 0.4) is 0 Å². The minimum Gasteiger partial charge on any atom is -0.316 e. The quantitative estimate of drug-likeness (QED) is 0.881. The maximum atomic E-state index is 12.8. The summed E-state index contributed by atoms with van der Waals surface area (Å²) in [5.41, 5.74) is 0.538. The molecule has 2 aromatic heterocycles. The third-order valence-electron chi connectivity index (χ3n) is 3.24. The zero-order valence-electron chi connectivity index (χ0n) is 9.68. The molecule has 0 saturated carbocycles. The number of hydrogen-bond donors (Lipinski definition) is 1. The molecule has 0 aromatic carbocycles. The Bertz CT molecular complexity index is 547. The molecule has 1 atom stereocenters.